The van der Waals surface area contributed by atoms with Crippen molar-refractivity contribution in [2.45, 2.75) is 46.3 Å². The lowest BCUT2D eigenvalue weighted by Crippen LogP contribution is -2.39. The Morgan fingerprint density at radius 2 is 1.73 bits per heavy atom. The number of para-hydroxylation sites is 1. The Kier molecular flexibility index (Phi) is 7.63. The molecule has 0 radical (unpaired) electrons. The molecule has 0 heterocycles. The molecule has 1 N–H and O–H groups in total. The average molecular weight is 436 g/mol. The predicted octanol–water partition coefficient (Wildman–Crippen LogP) is 4.12. The van der Waals surface area contributed by atoms with Crippen LogP contribution in [0, 0.1) is 6.92 Å². The van der Waals surface area contributed by atoms with Gasteiger partial charge in [-0.15, -0.1) is 0 Å². The zero-order chi connectivity index (χ0) is 22.5. The van der Waals surface area contributed by atoms with Crippen molar-refractivity contribution in [3.8, 4) is 17.2 Å². The number of aryl methyl sites for hydroxylation is 1. The summed E-state index contributed by atoms with van der Waals surface area (Å²) in [6, 6.07) is 12.3. The lowest BCUT2D eigenvalue weighted by Gasteiger charge is -2.25. The molecule has 2 rings (SSSR count). The van der Waals surface area contributed by atoms with Gasteiger partial charge in [0.25, 0.3) is 10.1 Å². The van der Waals surface area contributed by atoms with Gasteiger partial charge in [-0.2, -0.15) is 8.42 Å². The molecule has 0 fully saturated rings. The van der Waals surface area contributed by atoms with Crippen molar-refractivity contribution in [1.29, 1.82) is 0 Å². The van der Waals surface area contributed by atoms with E-state index in [9.17, 15) is 13.2 Å². The van der Waals surface area contributed by atoms with Gasteiger partial charge in [-0.3, -0.25) is 8.98 Å². The highest BCUT2D eigenvalue weighted by Crippen LogP contribution is 2.36. The topological polar surface area (TPSA) is 90.9 Å². The molecule has 0 saturated heterocycles. The third kappa shape index (κ3) is 7.78. The van der Waals surface area contributed by atoms with Crippen LogP contribution in [0.3, 0.4) is 0 Å². The van der Waals surface area contributed by atoms with Crippen molar-refractivity contribution in [3.63, 3.8) is 0 Å². The second kappa shape index (κ2) is 9.59. The molecule has 0 saturated carbocycles. The number of rotatable bonds is 8. The molecule has 0 amide bonds. The maximum absolute atomic E-state index is 11.8. The largest absolute Gasteiger partial charge is 0.453 e. The van der Waals surface area contributed by atoms with E-state index in [0.717, 1.165) is 11.8 Å². The summed E-state index contributed by atoms with van der Waals surface area (Å²) in [6.07, 6.45) is 0.222. The van der Waals surface area contributed by atoms with E-state index >= 15 is 0 Å². The van der Waals surface area contributed by atoms with Crippen LogP contribution in [0.1, 0.15) is 44.9 Å². The summed E-state index contributed by atoms with van der Waals surface area (Å²) in [4.78, 5) is 11.5. The number of hydrogen-bond acceptors (Lipinski definition) is 7. The van der Waals surface area contributed by atoms with Gasteiger partial charge < -0.3 is 14.8 Å². The molecule has 1 atom stereocenters. The number of carbonyl (C=O) groups is 1. The minimum Gasteiger partial charge on any atom is -0.453 e. The first-order chi connectivity index (χ1) is 13.8. The van der Waals surface area contributed by atoms with Crippen LogP contribution in [-0.4, -0.2) is 32.7 Å². The zero-order valence-electron chi connectivity index (χ0n) is 18.2. The summed E-state index contributed by atoms with van der Waals surface area (Å²) in [7, 11) is -3.71. The number of ether oxygens (including phenoxy) is 2. The van der Waals surface area contributed by atoms with E-state index in [1.807, 2.05) is 45.9 Å². The summed E-state index contributed by atoms with van der Waals surface area (Å²) in [6.45, 7) is 9.37. The smallest absolute Gasteiger partial charge is 0.308 e. The second-order valence-electron chi connectivity index (χ2n) is 8.09. The maximum atomic E-state index is 11.8. The number of hydrogen-bond donors (Lipinski definition) is 1. The summed E-state index contributed by atoms with van der Waals surface area (Å²) < 4.78 is 40.2. The molecule has 0 aliphatic rings. The van der Waals surface area contributed by atoms with Gasteiger partial charge in [0.05, 0.1) is 6.26 Å². The molecule has 164 valence electrons. The van der Waals surface area contributed by atoms with E-state index < -0.39 is 22.2 Å². The van der Waals surface area contributed by atoms with E-state index in [1.165, 1.54) is 6.92 Å². The molecule has 8 heteroatoms. The fourth-order valence-corrected chi connectivity index (χ4v) is 3.25. The highest BCUT2D eigenvalue weighted by atomic mass is 32.2. The van der Waals surface area contributed by atoms with Crippen molar-refractivity contribution in [3.05, 3.63) is 53.6 Å². The van der Waals surface area contributed by atoms with Crippen LogP contribution < -0.4 is 14.8 Å². The van der Waals surface area contributed by atoms with Crippen LogP contribution in [0.15, 0.2) is 42.5 Å². The Balaban J connectivity index is 2.46. The van der Waals surface area contributed by atoms with Gasteiger partial charge in [0.15, 0.2) is 11.5 Å². The number of benzene rings is 2. The zero-order valence-corrected chi connectivity index (χ0v) is 19.0. The van der Waals surface area contributed by atoms with Crippen LogP contribution >= 0.6 is 0 Å². The molecule has 0 bridgehead atoms. The maximum Gasteiger partial charge on any atom is 0.308 e. The SMILES string of the molecule is CC(=O)Oc1ccc(C(CNC(C)(C)C)OS(C)(=O)=O)cc1Oc1ccccc1C. The number of esters is 1. The molecule has 30 heavy (non-hydrogen) atoms. The minimum absolute atomic E-state index is 0.233. The first kappa shape index (κ1) is 23.9. The van der Waals surface area contributed by atoms with Gasteiger partial charge >= 0.3 is 5.97 Å². The van der Waals surface area contributed by atoms with Gasteiger partial charge in [0.1, 0.15) is 11.9 Å². The van der Waals surface area contributed by atoms with Crippen molar-refractivity contribution in [1.82, 2.24) is 5.32 Å². The molecule has 2 aromatic rings. The molecule has 2 aromatic carbocycles. The summed E-state index contributed by atoms with van der Waals surface area (Å²) in [5.74, 6) is 0.624. The van der Waals surface area contributed by atoms with Crippen LogP contribution in [-0.2, 0) is 19.1 Å². The van der Waals surface area contributed by atoms with E-state index in [2.05, 4.69) is 5.32 Å². The quantitative estimate of drug-likeness (QED) is 0.379. The Bertz CT molecular complexity index is 995. The fourth-order valence-electron chi connectivity index (χ4n) is 2.65. The monoisotopic (exact) mass is 435 g/mol. The highest BCUT2D eigenvalue weighted by Gasteiger charge is 2.23. The molecule has 0 aliphatic heterocycles. The van der Waals surface area contributed by atoms with Crippen molar-refractivity contribution < 1.29 is 26.9 Å². The highest BCUT2D eigenvalue weighted by molar-refractivity contribution is 7.86. The second-order valence-corrected chi connectivity index (χ2v) is 9.69. The Hall–Kier alpha value is -2.42. The minimum atomic E-state index is -3.71. The molecule has 1 unspecified atom stereocenters. The lowest BCUT2D eigenvalue weighted by molar-refractivity contribution is -0.132. The normalized spacial score (nSPS) is 13.0. The van der Waals surface area contributed by atoms with Crippen LogP contribution in [0.5, 0.6) is 17.2 Å². The number of nitrogens with one attached hydrogen (secondary N) is 1. The fraction of sp³-hybridized carbons (Fsp3) is 0.409. The van der Waals surface area contributed by atoms with Crippen molar-refractivity contribution in [2.24, 2.45) is 0 Å². The molecule has 0 aliphatic carbocycles. The van der Waals surface area contributed by atoms with Crippen molar-refractivity contribution >= 4 is 16.1 Å². The third-order valence-corrected chi connectivity index (χ3v) is 4.60. The standard InChI is InChI=1S/C22H29NO6S/c1-15-9-7-8-10-18(15)28-20-13-17(11-12-19(20)27-16(2)24)21(29-30(6,25)26)14-23-22(3,4)5/h7-13,21,23H,14H2,1-6H3. The first-order valence-corrected chi connectivity index (χ1v) is 11.3. The van der Waals surface area contributed by atoms with Gasteiger partial charge in [0.2, 0.25) is 0 Å². The van der Waals surface area contributed by atoms with Gasteiger partial charge in [-0.1, -0.05) is 24.3 Å². The number of carbonyl (C=O) groups excluding carboxylic acids is 1. The summed E-state index contributed by atoms with van der Waals surface area (Å²) in [5, 5.41) is 3.25. The van der Waals surface area contributed by atoms with E-state index in [-0.39, 0.29) is 23.6 Å². The molecule has 0 aromatic heterocycles. The van der Waals surface area contributed by atoms with E-state index in [4.69, 9.17) is 13.7 Å². The van der Waals surface area contributed by atoms with Gasteiger partial charge in [-0.25, -0.2) is 0 Å². The predicted molar refractivity (Wildman–Crippen MR) is 115 cm³/mol. The van der Waals surface area contributed by atoms with Crippen molar-refractivity contribution in [2.75, 3.05) is 12.8 Å². The van der Waals surface area contributed by atoms with Crippen LogP contribution in [0.2, 0.25) is 0 Å². The first-order valence-electron chi connectivity index (χ1n) is 9.53. The Morgan fingerprint density at radius 3 is 2.30 bits per heavy atom. The molecule has 7 nitrogen and oxygen atoms in total. The third-order valence-electron chi connectivity index (χ3n) is 4.02. The van der Waals surface area contributed by atoms with E-state index in [1.54, 1.807) is 24.3 Å². The summed E-state index contributed by atoms with van der Waals surface area (Å²) in [5.41, 5.74) is 1.23. The van der Waals surface area contributed by atoms with Gasteiger partial charge in [-0.05, 0) is 57.0 Å². The average Bonchev–Trinajstić information content (AvgIpc) is 2.60. The Labute approximate surface area is 178 Å². The summed E-state index contributed by atoms with van der Waals surface area (Å²) >= 11 is 0. The molecular formula is C22H29NO6S. The van der Waals surface area contributed by atoms with E-state index in [0.29, 0.717) is 11.3 Å². The van der Waals surface area contributed by atoms with Gasteiger partial charge in [0, 0.05) is 19.0 Å². The molecular weight excluding hydrogens is 406 g/mol. The van der Waals surface area contributed by atoms with Crippen LogP contribution in [0.25, 0.3) is 0 Å². The lowest BCUT2D eigenvalue weighted by atomic mass is 10.1. The molecule has 0 spiro atoms. The Morgan fingerprint density at radius 1 is 1.07 bits per heavy atom. The van der Waals surface area contributed by atoms with Crippen LogP contribution in [0.4, 0.5) is 0 Å².